The first-order chi connectivity index (χ1) is 10.6. The van der Waals surface area contributed by atoms with Crippen LogP contribution in [-0.4, -0.2) is 32.4 Å². The second-order valence-corrected chi connectivity index (χ2v) is 6.31. The maximum Gasteiger partial charge on any atom is 0.0805 e. The van der Waals surface area contributed by atoms with Crippen LogP contribution in [-0.2, 0) is 13.6 Å². The van der Waals surface area contributed by atoms with Crippen molar-refractivity contribution < 1.29 is 5.11 Å². The number of aliphatic hydroxyl groups is 1. The fraction of sp³-hybridized carbons (Fsp3) is 0.500. The molecule has 1 N–H and O–H groups in total. The van der Waals surface area contributed by atoms with Crippen LogP contribution in [0.4, 0.5) is 0 Å². The van der Waals surface area contributed by atoms with E-state index in [0.29, 0.717) is 6.04 Å². The van der Waals surface area contributed by atoms with Gasteiger partial charge >= 0.3 is 0 Å². The van der Waals surface area contributed by atoms with Gasteiger partial charge in [0.25, 0.3) is 0 Å². The van der Waals surface area contributed by atoms with Gasteiger partial charge in [0.15, 0.2) is 0 Å². The number of aryl methyl sites for hydroxylation is 1. The molecule has 1 aliphatic rings. The molecule has 22 heavy (non-hydrogen) atoms. The molecule has 1 aromatic carbocycles. The van der Waals surface area contributed by atoms with Gasteiger partial charge in [-0.25, -0.2) is 0 Å². The first kappa shape index (κ1) is 15.3. The number of likely N-dealkylation sites (tertiary alicyclic amines) is 1. The SMILES string of the molecule is Cc1c(CN2CCCC2CC(O)c2ccccc2)cnn1C. The van der Waals surface area contributed by atoms with Gasteiger partial charge < -0.3 is 5.11 Å². The number of benzene rings is 1. The highest BCUT2D eigenvalue weighted by Crippen LogP contribution is 2.28. The monoisotopic (exact) mass is 299 g/mol. The molecule has 2 aromatic rings. The van der Waals surface area contributed by atoms with Crippen molar-refractivity contribution in [1.82, 2.24) is 14.7 Å². The van der Waals surface area contributed by atoms with Gasteiger partial charge in [0.05, 0.1) is 12.3 Å². The van der Waals surface area contributed by atoms with Crippen molar-refractivity contribution in [3.05, 3.63) is 53.3 Å². The van der Waals surface area contributed by atoms with E-state index in [9.17, 15) is 5.11 Å². The highest BCUT2D eigenvalue weighted by molar-refractivity contribution is 5.18. The van der Waals surface area contributed by atoms with Crippen molar-refractivity contribution >= 4 is 0 Å². The van der Waals surface area contributed by atoms with Gasteiger partial charge in [-0.3, -0.25) is 9.58 Å². The summed E-state index contributed by atoms with van der Waals surface area (Å²) in [6, 6.07) is 10.4. The third-order valence-corrected chi connectivity index (χ3v) is 4.89. The molecule has 4 nitrogen and oxygen atoms in total. The van der Waals surface area contributed by atoms with Crippen molar-refractivity contribution in [1.29, 1.82) is 0 Å². The van der Waals surface area contributed by atoms with E-state index in [-0.39, 0.29) is 6.10 Å². The molecule has 118 valence electrons. The molecule has 2 unspecified atom stereocenters. The molecular weight excluding hydrogens is 274 g/mol. The Morgan fingerprint density at radius 3 is 2.77 bits per heavy atom. The molecular formula is C18H25N3O. The molecule has 0 aliphatic carbocycles. The Hall–Kier alpha value is -1.65. The predicted octanol–water partition coefficient (Wildman–Crippen LogP) is 2.82. The Labute approximate surface area is 132 Å². The Morgan fingerprint density at radius 1 is 1.32 bits per heavy atom. The van der Waals surface area contributed by atoms with Gasteiger partial charge in [-0.05, 0) is 38.3 Å². The number of hydrogen-bond acceptors (Lipinski definition) is 3. The van der Waals surface area contributed by atoms with Crippen LogP contribution < -0.4 is 0 Å². The minimum Gasteiger partial charge on any atom is -0.388 e. The Bertz CT molecular complexity index is 608. The van der Waals surface area contributed by atoms with E-state index in [0.717, 1.165) is 25.1 Å². The molecule has 1 aromatic heterocycles. The van der Waals surface area contributed by atoms with Crippen molar-refractivity contribution in [3.63, 3.8) is 0 Å². The van der Waals surface area contributed by atoms with E-state index >= 15 is 0 Å². The summed E-state index contributed by atoms with van der Waals surface area (Å²) in [5, 5.41) is 14.8. The number of rotatable bonds is 5. The summed E-state index contributed by atoms with van der Waals surface area (Å²) in [5.41, 5.74) is 3.55. The zero-order valence-electron chi connectivity index (χ0n) is 13.4. The van der Waals surface area contributed by atoms with E-state index < -0.39 is 0 Å². The van der Waals surface area contributed by atoms with Crippen LogP contribution in [0.2, 0.25) is 0 Å². The molecule has 0 radical (unpaired) electrons. The quantitative estimate of drug-likeness (QED) is 0.923. The number of hydrogen-bond donors (Lipinski definition) is 1. The topological polar surface area (TPSA) is 41.3 Å². The maximum absolute atomic E-state index is 10.5. The van der Waals surface area contributed by atoms with E-state index in [2.05, 4.69) is 16.9 Å². The van der Waals surface area contributed by atoms with Gasteiger partial charge in [0.2, 0.25) is 0 Å². The van der Waals surface area contributed by atoms with Gasteiger partial charge in [-0.1, -0.05) is 30.3 Å². The lowest BCUT2D eigenvalue weighted by molar-refractivity contribution is 0.118. The summed E-state index contributed by atoms with van der Waals surface area (Å²) < 4.78 is 1.93. The van der Waals surface area contributed by atoms with Crippen LogP contribution in [0.15, 0.2) is 36.5 Å². The van der Waals surface area contributed by atoms with Crippen molar-refractivity contribution in [3.8, 4) is 0 Å². The minimum absolute atomic E-state index is 0.373. The zero-order chi connectivity index (χ0) is 15.5. The summed E-state index contributed by atoms with van der Waals surface area (Å²) >= 11 is 0. The Kier molecular flexibility index (Phi) is 4.60. The van der Waals surface area contributed by atoms with E-state index in [1.165, 1.54) is 24.1 Å². The standard InChI is InChI=1S/C18H25N3O/c1-14-16(12-19-20(14)2)13-21-10-6-9-17(21)11-18(22)15-7-4-3-5-8-15/h3-5,7-8,12,17-18,22H,6,9-11,13H2,1-2H3. The predicted molar refractivity (Wildman–Crippen MR) is 87.4 cm³/mol. The number of nitrogens with zero attached hydrogens (tertiary/aromatic N) is 3. The molecule has 0 saturated carbocycles. The Balaban J connectivity index is 1.64. The van der Waals surface area contributed by atoms with Gasteiger partial charge in [0, 0.05) is 30.9 Å². The third kappa shape index (κ3) is 3.23. The molecule has 1 fully saturated rings. The van der Waals surface area contributed by atoms with E-state index in [1.807, 2.05) is 48.3 Å². The second kappa shape index (κ2) is 6.63. The second-order valence-electron chi connectivity index (χ2n) is 6.31. The average Bonchev–Trinajstić information content (AvgIpc) is 3.10. The van der Waals surface area contributed by atoms with E-state index in [4.69, 9.17) is 0 Å². The van der Waals surface area contributed by atoms with Gasteiger partial charge in [0.1, 0.15) is 0 Å². The fourth-order valence-corrected chi connectivity index (χ4v) is 3.36. The molecule has 0 spiro atoms. The number of aliphatic hydroxyl groups excluding tert-OH is 1. The van der Waals surface area contributed by atoms with Crippen LogP contribution in [0.1, 0.15) is 42.2 Å². The first-order valence-electron chi connectivity index (χ1n) is 8.09. The van der Waals surface area contributed by atoms with Gasteiger partial charge in [-0.2, -0.15) is 5.10 Å². The molecule has 0 bridgehead atoms. The minimum atomic E-state index is -0.373. The molecule has 2 heterocycles. The summed E-state index contributed by atoms with van der Waals surface area (Å²) in [6.45, 7) is 4.17. The zero-order valence-corrected chi connectivity index (χ0v) is 13.4. The summed E-state index contributed by atoms with van der Waals surface area (Å²) in [5.74, 6) is 0. The molecule has 0 amide bonds. The average molecular weight is 299 g/mol. The van der Waals surface area contributed by atoms with Crippen LogP contribution in [0.25, 0.3) is 0 Å². The van der Waals surface area contributed by atoms with Crippen molar-refractivity contribution in [2.45, 2.75) is 44.9 Å². The summed E-state index contributed by atoms with van der Waals surface area (Å²) in [7, 11) is 1.99. The molecule has 1 saturated heterocycles. The van der Waals surface area contributed by atoms with Crippen LogP contribution >= 0.6 is 0 Å². The lowest BCUT2D eigenvalue weighted by atomic mass is 10.0. The highest BCUT2D eigenvalue weighted by Gasteiger charge is 2.27. The summed E-state index contributed by atoms with van der Waals surface area (Å²) in [4.78, 5) is 2.50. The van der Waals surface area contributed by atoms with E-state index in [1.54, 1.807) is 0 Å². The highest BCUT2D eigenvalue weighted by atomic mass is 16.3. The number of aromatic nitrogens is 2. The fourth-order valence-electron chi connectivity index (χ4n) is 3.36. The van der Waals surface area contributed by atoms with Crippen LogP contribution in [0, 0.1) is 6.92 Å². The first-order valence-corrected chi connectivity index (χ1v) is 8.09. The van der Waals surface area contributed by atoms with Gasteiger partial charge in [-0.15, -0.1) is 0 Å². The normalized spacial score (nSPS) is 20.4. The van der Waals surface area contributed by atoms with Crippen molar-refractivity contribution in [2.24, 2.45) is 7.05 Å². The Morgan fingerprint density at radius 2 is 2.09 bits per heavy atom. The largest absolute Gasteiger partial charge is 0.388 e. The molecule has 3 rings (SSSR count). The molecule has 4 heteroatoms. The third-order valence-electron chi connectivity index (χ3n) is 4.89. The summed E-state index contributed by atoms with van der Waals surface area (Å²) in [6.07, 6.45) is 4.79. The lowest BCUT2D eigenvalue weighted by Crippen LogP contribution is -2.30. The smallest absolute Gasteiger partial charge is 0.0805 e. The van der Waals surface area contributed by atoms with Crippen LogP contribution in [0.3, 0.4) is 0 Å². The van der Waals surface area contributed by atoms with Crippen molar-refractivity contribution in [2.75, 3.05) is 6.54 Å². The lowest BCUT2D eigenvalue weighted by Gasteiger charge is -2.26. The molecule has 1 aliphatic heterocycles. The molecule has 2 atom stereocenters. The maximum atomic E-state index is 10.5. The van der Waals surface area contributed by atoms with Crippen LogP contribution in [0.5, 0.6) is 0 Å².